The van der Waals surface area contributed by atoms with Crippen LogP contribution in [0.25, 0.3) is 0 Å². The summed E-state index contributed by atoms with van der Waals surface area (Å²) in [6.45, 7) is 1.33. The van der Waals surface area contributed by atoms with E-state index >= 15 is 0 Å². The maximum Gasteiger partial charge on any atom is 0.326 e. The number of rotatable bonds is 15. The third kappa shape index (κ3) is 9.86. The first-order valence-electron chi connectivity index (χ1n) is 11.7. The summed E-state index contributed by atoms with van der Waals surface area (Å²) in [5.41, 5.74) is 7.09. The summed E-state index contributed by atoms with van der Waals surface area (Å²) >= 11 is 1.52. The average molecular weight is 535 g/mol. The SMILES string of the molecule is CSCCC(N)C(=O)NC(C(=O)NC(Cc1ccccc1)C(=O)NC(Cc1cnc[nH]1)C(=O)O)C(C)O. The Morgan fingerprint density at radius 3 is 2.27 bits per heavy atom. The molecular weight excluding hydrogens is 500 g/mol. The van der Waals surface area contributed by atoms with Gasteiger partial charge >= 0.3 is 5.97 Å². The lowest BCUT2D eigenvalue weighted by Crippen LogP contribution is -2.60. The molecule has 37 heavy (non-hydrogen) atoms. The van der Waals surface area contributed by atoms with Gasteiger partial charge in [-0.15, -0.1) is 0 Å². The van der Waals surface area contributed by atoms with Crippen LogP contribution in [0.3, 0.4) is 0 Å². The quantitative estimate of drug-likeness (QED) is 0.153. The lowest BCUT2D eigenvalue weighted by atomic mass is 10.0. The summed E-state index contributed by atoms with van der Waals surface area (Å²) in [5.74, 6) is -2.78. The molecule has 0 spiro atoms. The maximum absolute atomic E-state index is 13.2. The minimum atomic E-state index is -1.38. The fourth-order valence-electron chi connectivity index (χ4n) is 3.45. The number of nitrogens with zero attached hydrogens (tertiary/aromatic N) is 1. The second-order valence-corrected chi connectivity index (χ2v) is 9.53. The Morgan fingerprint density at radius 2 is 1.70 bits per heavy atom. The maximum atomic E-state index is 13.2. The van der Waals surface area contributed by atoms with Gasteiger partial charge in [-0.3, -0.25) is 14.4 Å². The number of H-pyrrole nitrogens is 1. The number of carbonyl (C=O) groups excluding carboxylic acids is 3. The third-order valence-electron chi connectivity index (χ3n) is 5.54. The number of nitrogens with two attached hydrogens (primary N) is 1. The Balaban J connectivity index is 2.19. The summed E-state index contributed by atoms with van der Waals surface area (Å²) in [5, 5.41) is 27.3. The van der Waals surface area contributed by atoms with Crippen molar-refractivity contribution in [2.24, 2.45) is 5.73 Å². The van der Waals surface area contributed by atoms with Crippen molar-refractivity contribution in [3.63, 3.8) is 0 Å². The number of carboxylic acids is 1. The largest absolute Gasteiger partial charge is 0.480 e. The van der Waals surface area contributed by atoms with E-state index in [2.05, 4.69) is 25.9 Å². The van der Waals surface area contributed by atoms with Crippen LogP contribution in [0.15, 0.2) is 42.9 Å². The van der Waals surface area contributed by atoms with Crippen LogP contribution in [0.4, 0.5) is 0 Å². The topological polar surface area (TPSA) is 200 Å². The number of aromatic amines is 1. The van der Waals surface area contributed by atoms with Gasteiger partial charge < -0.3 is 36.9 Å². The Morgan fingerprint density at radius 1 is 1.03 bits per heavy atom. The molecule has 0 bridgehead atoms. The molecule has 0 aliphatic carbocycles. The number of carbonyl (C=O) groups is 4. The van der Waals surface area contributed by atoms with Gasteiger partial charge in [-0.25, -0.2) is 9.78 Å². The normalized spacial score (nSPS) is 15.0. The minimum Gasteiger partial charge on any atom is -0.480 e. The van der Waals surface area contributed by atoms with E-state index in [0.717, 1.165) is 0 Å². The van der Waals surface area contributed by atoms with Gasteiger partial charge in [-0.2, -0.15) is 11.8 Å². The first-order valence-corrected chi connectivity index (χ1v) is 13.1. The highest BCUT2D eigenvalue weighted by molar-refractivity contribution is 7.98. The molecule has 13 heteroatoms. The van der Waals surface area contributed by atoms with Gasteiger partial charge in [0.1, 0.15) is 18.1 Å². The Kier molecular flexibility index (Phi) is 12.1. The van der Waals surface area contributed by atoms with Crippen molar-refractivity contribution in [1.29, 1.82) is 0 Å². The molecule has 0 radical (unpaired) electrons. The van der Waals surface area contributed by atoms with Crippen molar-refractivity contribution in [2.75, 3.05) is 12.0 Å². The number of aliphatic carboxylic acids is 1. The second kappa shape index (κ2) is 15.0. The van der Waals surface area contributed by atoms with E-state index in [1.54, 1.807) is 30.3 Å². The molecule has 1 aromatic heterocycles. The van der Waals surface area contributed by atoms with Crippen LogP contribution in [0.2, 0.25) is 0 Å². The number of carboxylic acid groups (broad SMARTS) is 1. The zero-order chi connectivity index (χ0) is 27.4. The average Bonchev–Trinajstić information content (AvgIpc) is 3.38. The number of aromatic nitrogens is 2. The van der Waals surface area contributed by atoms with Crippen LogP contribution in [-0.4, -0.2) is 86.2 Å². The van der Waals surface area contributed by atoms with E-state index in [1.165, 1.54) is 31.2 Å². The fraction of sp³-hybridized carbons (Fsp3) is 0.458. The van der Waals surface area contributed by atoms with E-state index in [4.69, 9.17) is 5.73 Å². The van der Waals surface area contributed by atoms with Crippen LogP contribution >= 0.6 is 11.8 Å². The summed E-state index contributed by atoms with van der Waals surface area (Å²) in [6.07, 6.45) is 3.81. The van der Waals surface area contributed by atoms with Crippen LogP contribution in [0.5, 0.6) is 0 Å². The number of amides is 3. The molecule has 8 N–H and O–H groups in total. The predicted octanol–water partition coefficient (Wildman–Crippen LogP) is -0.805. The molecule has 0 aliphatic rings. The van der Waals surface area contributed by atoms with Gasteiger partial charge in [0.25, 0.3) is 0 Å². The number of aliphatic hydroxyl groups excluding tert-OH is 1. The van der Waals surface area contributed by atoms with Gasteiger partial charge in [0.15, 0.2) is 0 Å². The lowest BCUT2D eigenvalue weighted by Gasteiger charge is -2.26. The summed E-state index contributed by atoms with van der Waals surface area (Å²) in [7, 11) is 0. The number of thioether (sulfide) groups is 1. The number of benzene rings is 1. The molecule has 1 aromatic carbocycles. The molecule has 2 aromatic rings. The molecular formula is C24H34N6O6S. The van der Waals surface area contributed by atoms with E-state index in [1.807, 2.05) is 6.26 Å². The highest BCUT2D eigenvalue weighted by Crippen LogP contribution is 2.07. The Hall–Kier alpha value is -3.42. The molecule has 0 fully saturated rings. The first-order chi connectivity index (χ1) is 17.6. The van der Waals surface area contributed by atoms with E-state index in [0.29, 0.717) is 23.4 Å². The summed E-state index contributed by atoms with van der Waals surface area (Å²) in [6, 6.07) is 4.10. The highest BCUT2D eigenvalue weighted by atomic mass is 32.2. The Labute approximate surface area is 219 Å². The molecule has 2 rings (SSSR count). The fourth-order valence-corrected chi connectivity index (χ4v) is 3.94. The molecule has 3 amide bonds. The minimum absolute atomic E-state index is 0.0442. The molecule has 0 saturated carbocycles. The summed E-state index contributed by atoms with van der Waals surface area (Å²) in [4.78, 5) is 57.2. The smallest absolute Gasteiger partial charge is 0.326 e. The molecule has 202 valence electrons. The predicted molar refractivity (Wildman–Crippen MR) is 139 cm³/mol. The zero-order valence-electron chi connectivity index (χ0n) is 20.7. The van der Waals surface area contributed by atoms with Crippen molar-refractivity contribution >= 4 is 35.5 Å². The zero-order valence-corrected chi connectivity index (χ0v) is 21.5. The molecule has 5 unspecified atom stereocenters. The number of imidazole rings is 1. The van der Waals surface area contributed by atoms with Crippen LogP contribution in [0.1, 0.15) is 24.6 Å². The van der Waals surface area contributed by atoms with Crippen molar-refractivity contribution in [1.82, 2.24) is 25.9 Å². The molecule has 0 aliphatic heterocycles. The van der Waals surface area contributed by atoms with Crippen molar-refractivity contribution < 1.29 is 29.4 Å². The number of nitrogens with one attached hydrogen (secondary N) is 4. The third-order valence-corrected chi connectivity index (χ3v) is 6.19. The summed E-state index contributed by atoms with van der Waals surface area (Å²) < 4.78 is 0. The monoisotopic (exact) mass is 534 g/mol. The molecule has 1 heterocycles. The number of aliphatic hydroxyl groups is 1. The van der Waals surface area contributed by atoms with Crippen LogP contribution in [-0.2, 0) is 32.0 Å². The first kappa shape index (κ1) is 29.8. The van der Waals surface area contributed by atoms with E-state index in [9.17, 15) is 29.4 Å². The van der Waals surface area contributed by atoms with Gasteiger partial charge in [0.05, 0.1) is 18.5 Å². The van der Waals surface area contributed by atoms with Crippen molar-refractivity contribution in [3.05, 3.63) is 54.1 Å². The van der Waals surface area contributed by atoms with Gasteiger partial charge in [-0.05, 0) is 30.9 Å². The highest BCUT2D eigenvalue weighted by Gasteiger charge is 2.32. The van der Waals surface area contributed by atoms with Gasteiger partial charge in [-0.1, -0.05) is 30.3 Å². The van der Waals surface area contributed by atoms with Gasteiger partial charge in [0, 0.05) is 24.7 Å². The standard InChI is InChI=1S/C24H34N6O6S/c1-14(31)20(30-21(32)17(25)8-9-37-2)23(34)28-18(10-15-6-4-3-5-7-15)22(33)29-19(24(35)36)11-16-12-26-13-27-16/h3-7,12-14,17-20,31H,8-11,25H2,1-2H3,(H,26,27)(H,28,34)(H,29,33)(H,30,32)(H,35,36). The van der Waals surface area contributed by atoms with E-state index < -0.39 is 54.0 Å². The van der Waals surface area contributed by atoms with Crippen LogP contribution in [0, 0.1) is 0 Å². The molecule has 5 atom stereocenters. The molecule has 12 nitrogen and oxygen atoms in total. The molecule has 0 saturated heterocycles. The van der Waals surface area contributed by atoms with Crippen molar-refractivity contribution in [2.45, 2.75) is 56.5 Å². The van der Waals surface area contributed by atoms with Crippen LogP contribution < -0.4 is 21.7 Å². The van der Waals surface area contributed by atoms with Crippen molar-refractivity contribution in [3.8, 4) is 0 Å². The van der Waals surface area contributed by atoms with E-state index in [-0.39, 0.29) is 12.8 Å². The number of hydrogen-bond donors (Lipinski definition) is 7. The van der Waals surface area contributed by atoms with Gasteiger partial charge in [0.2, 0.25) is 17.7 Å². The Bertz CT molecular complexity index is 1020. The second-order valence-electron chi connectivity index (χ2n) is 8.55. The number of hydrogen-bond acceptors (Lipinski definition) is 8. The lowest BCUT2D eigenvalue weighted by molar-refractivity contribution is -0.142.